The van der Waals surface area contributed by atoms with Crippen LogP contribution in [0, 0.1) is 0 Å². The highest BCUT2D eigenvalue weighted by atomic mass is 16.7. The number of nitrogens with two attached hydrogens (primary N) is 3. The van der Waals surface area contributed by atoms with Crippen LogP contribution in [-0.4, -0.2) is 24.2 Å². The number of urea groups is 2. The largest absolute Gasteiger partial charge is 0.352 e. The zero-order valence-electron chi connectivity index (χ0n) is 7.86. The van der Waals surface area contributed by atoms with E-state index in [-0.39, 0.29) is 12.8 Å². The first kappa shape index (κ1) is 13.0. The molecule has 0 spiro atoms. The fourth-order valence-corrected chi connectivity index (χ4v) is 0.686. The van der Waals surface area contributed by atoms with Crippen molar-refractivity contribution in [2.45, 2.75) is 19.0 Å². The first-order chi connectivity index (χ1) is 6.91. The summed E-state index contributed by atoms with van der Waals surface area (Å²) in [6.45, 7) is 0. The summed E-state index contributed by atoms with van der Waals surface area (Å²) in [5.41, 5.74) is 16.4. The Morgan fingerprint density at radius 2 is 1.80 bits per heavy atom. The Hall–Kier alpha value is -2.03. The van der Waals surface area contributed by atoms with Crippen molar-refractivity contribution in [1.82, 2.24) is 10.8 Å². The van der Waals surface area contributed by atoms with Crippen LogP contribution in [0.2, 0.25) is 0 Å². The summed E-state index contributed by atoms with van der Waals surface area (Å²) in [5, 5.41) is 2.16. The summed E-state index contributed by atoms with van der Waals surface area (Å²) < 4.78 is 0. The molecule has 0 saturated carbocycles. The van der Waals surface area contributed by atoms with Crippen molar-refractivity contribution < 1.29 is 19.2 Å². The van der Waals surface area contributed by atoms with Gasteiger partial charge in [0.25, 0.3) is 0 Å². The number of hydrogen-bond donors (Lipinski definition) is 5. The molecule has 0 fully saturated rings. The lowest BCUT2D eigenvalue weighted by Gasteiger charge is -2.10. The molecule has 0 aromatic rings. The van der Waals surface area contributed by atoms with Crippen molar-refractivity contribution in [3.63, 3.8) is 0 Å². The average Bonchev–Trinajstić information content (AvgIpc) is 2.10. The predicted octanol–water partition coefficient (Wildman–Crippen LogP) is -2.15. The highest BCUT2D eigenvalue weighted by molar-refractivity contribution is 5.75. The van der Waals surface area contributed by atoms with E-state index in [4.69, 9.17) is 11.5 Å². The fraction of sp³-hybridized carbons (Fsp3) is 0.500. The van der Waals surface area contributed by atoms with Crippen LogP contribution in [0.5, 0.6) is 0 Å². The van der Waals surface area contributed by atoms with Gasteiger partial charge < -0.3 is 27.4 Å². The van der Waals surface area contributed by atoms with E-state index in [1.807, 2.05) is 0 Å². The van der Waals surface area contributed by atoms with Crippen LogP contribution in [0.1, 0.15) is 12.8 Å². The van der Waals surface area contributed by atoms with Crippen LogP contribution in [0.15, 0.2) is 0 Å². The van der Waals surface area contributed by atoms with Gasteiger partial charge in [-0.1, -0.05) is 0 Å². The Balaban J connectivity index is 3.61. The lowest BCUT2D eigenvalue weighted by Crippen LogP contribution is -2.44. The van der Waals surface area contributed by atoms with Gasteiger partial charge in [-0.15, -0.1) is 0 Å². The summed E-state index contributed by atoms with van der Waals surface area (Å²) in [4.78, 5) is 35.5. The summed E-state index contributed by atoms with van der Waals surface area (Å²) >= 11 is 0. The molecule has 9 nitrogen and oxygen atoms in total. The number of rotatable bonds is 4. The molecule has 0 aromatic heterocycles. The van der Waals surface area contributed by atoms with Crippen LogP contribution in [0.4, 0.5) is 9.59 Å². The van der Waals surface area contributed by atoms with Gasteiger partial charge in [-0.2, -0.15) is 5.48 Å². The Bertz CT molecular complexity index is 256. The van der Waals surface area contributed by atoms with E-state index < -0.39 is 24.2 Å². The Morgan fingerprint density at radius 3 is 2.27 bits per heavy atom. The molecule has 0 radical (unpaired) electrons. The molecule has 9 heteroatoms. The second kappa shape index (κ2) is 6.43. The minimum atomic E-state index is -0.983. The molecule has 8 N–H and O–H groups in total. The molecule has 0 bridgehead atoms. The molecule has 0 aliphatic carbocycles. The molecular formula is C6H13N5O4. The Morgan fingerprint density at radius 1 is 1.20 bits per heavy atom. The van der Waals surface area contributed by atoms with Crippen molar-refractivity contribution in [1.29, 1.82) is 0 Å². The van der Waals surface area contributed by atoms with Gasteiger partial charge in [-0.25, -0.2) is 14.4 Å². The molecular weight excluding hydrogens is 206 g/mol. The lowest BCUT2D eigenvalue weighted by atomic mass is 10.2. The van der Waals surface area contributed by atoms with E-state index in [9.17, 15) is 14.4 Å². The first-order valence-corrected chi connectivity index (χ1v) is 3.98. The number of amides is 4. The maximum Gasteiger partial charge on any atom is 0.345 e. The molecule has 0 aliphatic rings. The number of carbonyl (C=O) groups is 3. The van der Waals surface area contributed by atoms with Crippen LogP contribution in [-0.2, 0) is 9.63 Å². The number of carbonyl (C=O) groups excluding carboxylic acids is 3. The van der Waals surface area contributed by atoms with Crippen LogP contribution < -0.4 is 28.0 Å². The molecule has 0 aliphatic heterocycles. The average molecular weight is 219 g/mol. The summed E-state index contributed by atoms with van der Waals surface area (Å²) in [6, 6.07) is -1.77. The molecule has 86 valence electrons. The predicted molar refractivity (Wildman–Crippen MR) is 48.7 cm³/mol. The second-order valence-corrected chi connectivity index (χ2v) is 2.59. The van der Waals surface area contributed by atoms with E-state index in [1.165, 1.54) is 0 Å². The van der Waals surface area contributed by atoms with Gasteiger partial charge in [0.2, 0.25) is 0 Å². The number of primary amides is 2. The Kier molecular flexibility index (Phi) is 5.56. The van der Waals surface area contributed by atoms with Gasteiger partial charge in [-0.05, 0) is 6.42 Å². The summed E-state index contributed by atoms with van der Waals surface area (Å²) in [5.74, 6) is -0.726. The van der Waals surface area contributed by atoms with E-state index in [2.05, 4.69) is 15.9 Å². The van der Waals surface area contributed by atoms with Gasteiger partial charge in [0.15, 0.2) is 0 Å². The molecule has 1 unspecified atom stereocenters. The molecule has 15 heavy (non-hydrogen) atoms. The quantitative estimate of drug-likeness (QED) is 0.268. The zero-order valence-corrected chi connectivity index (χ0v) is 7.86. The van der Waals surface area contributed by atoms with E-state index >= 15 is 0 Å². The zero-order chi connectivity index (χ0) is 11.8. The molecule has 4 amide bonds. The van der Waals surface area contributed by atoms with Crippen LogP contribution >= 0.6 is 0 Å². The smallest absolute Gasteiger partial charge is 0.345 e. The van der Waals surface area contributed by atoms with Crippen molar-refractivity contribution in [3.8, 4) is 0 Å². The van der Waals surface area contributed by atoms with Gasteiger partial charge in [0, 0.05) is 0 Å². The number of hydroxylamine groups is 1. The number of hydrogen-bond acceptors (Lipinski definition) is 5. The van der Waals surface area contributed by atoms with Crippen molar-refractivity contribution in [3.05, 3.63) is 0 Å². The SMILES string of the molecule is NC(=O)NOC(=O)CCC(N)NC(N)=O. The normalized spacial score (nSPS) is 11.3. The molecule has 0 rings (SSSR count). The van der Waals surface area contributed by atoms with Crippen LogP contribution in [0.25, 0.3) is 0 Å². The van der Waals surface area contributed by atoms with E-state index in [0.717, 1.165) is 0 Å². The maximum absolute atomic E-state index is 10.8. The third-order valence-electron chi connectivity index (χ3n) is 1.25. The fourth-order valence-electron chi connectivity index (χ4n) is 0.686. The Labute approximate surface area is 85.2 Å². The summed E-state index contributed by atoms with van der Waals surface area (Å²) in [6.07, 6.45) is -0.715. The van der Waals surface area contributed by atoms with Gasteiger partial charge in [0.05, 0.1) is 12.6 Å². The molecule has 0 heterocycles. The van der Waals surface area contributed by atoms with Gasteiger partial charge in [0.1, 0.15) is 0 Å². The monoisotopic (exact) mass is 219 g/mol. The van der Waals surface area contributed by atoms with E-state index in [0.29, 0.717) is 0 Å². The highest BCUT2D eigenvalue weighted by Gasteiger charge is 2.09. The standard InChI is InChI=1S/C6H13N5O4/c7-3(10-5(8)13)1-2-4(12)15-11-6(9)14/h3H,1-2,7H2,(H3,8,10,13)(H3,9,11,14). The first-order valence-electron chi connectivity index (χ1n) is 3.98. The highest BCUT2D eigenvalue weighted by Crippen LogP contribution is 1.93. The van der Waals surface area contributed by atoms with Gasteiger partial charge in [-0.3, -0.25) is 0 Å². The molecule has 0 saturated heterocycles. The van der Waals surface area contributed by atoms with Crippen molar-refractivity contribution >= 4 is 18.0 Å². The molecule has 1 atom stereocenters. The topological polar surface area (TPSA) is 163 Å². The number of nitrogens with one attached hydrogen (secondary N) is 2. The van der Waals surface area contributed by atoms with Gasteiger partial charge >= 0.3 is 18.0 Å². The third kappa shape index (κ3) is 8.30. The third-order valence-corrected chi connectivity index (χ3v) is 1.25. The lowest BCUT2D eigenvalue weighted by molar-refractivity contribution is -0.148. The maximum atomic E-state index is 10.8. The van der Waals surface area contributed by atoms with Crippen molar-refractivity contribution in [2.24, 2.45) is 17.2 Å². The van der Waals surface area contributed by atoms with Crippen LogP contribution in [0.3, 0.4) is 0 Å². The minimum absolute atomic E-state index is 0.0955. The van der Waals surface area contributed by atoms with E-state index in [1.54, 1.807) is 5.48 Å². The summed E-state index contributed by atoms with van der Waals surface area (Å²) in [7, 11) is 0. The molecule has 0 aromatic carbocycles. The minimum Gasteiger partial charge on any atom is -0.352 e. The van der Waals surface area contributed by atoms with Crippen molar-refractivity contribution in [2.75, 3.05) is 0 Å². The second-order valence-electron chi connectivity index (χ2n) is 2.59.